The highest BCUT2D eigenvalue weighted by Gasteiger charge is 2.32. The molecule has 0 radical (unpaired) electrons. The van der Waals surface area contributed by atoms with Gasteiger partial charge in [-0.25, -0.2) is 9.78 Å². The fraction of sp³-hybridized carbons (Fsp3) is 0.294. The van der Waals surface area contributed by atoms with Crippen LogP contribution in [-0.2, 0) is 12.8 Å². The Balaban J connectivity index is 0.000000169. The Bertz CT molecular complexity index is 1630. The van der Waals surface area contributed by atoms with Crippen molar-refractivity contribution in [3.63, 3.8) is 0 Å². The molecule has 6 N–H and O–H groups in total. The van der Waals surface area contributed by atoms with Crippen LogP contribution in [0.5, 0.6) is 0 Å². The topological polar surface area (TPSA) is 165 Å². The largest absolute Gasteiger partial charge is 0.477 e. The van der Waals surface area contributed by atoms with Crippen LogP contribution in [0.25, 0.3) is 0 Å². The number of nitrogens with two attached hydrogens (primary N) is 1. The number of hydrogen-bond acceptors (Lipinski definition) is 9. The van der Waals surface area contributed by atoms with Crippen LogP contribution in [0.4, 0.5) is 11.4 Å². The first-order chi connectivity index (χ1) is 21.5. The average molecular weight is 613 g/mol. The van der Waals surface area contributed by atoms with Crippen molar-refractivity contribution in [2.75, 3.05) is 38.0 Å². The van der Waals surface area contributed by atoms with Crippen molar-refractivity contribution >= 4 is 23.3 Å². The second-order valence-corrected chi connectivity index (χ2v) is 11.3. The van der Waals surface area contributed by atoms with Gasteiger partial charge in [0.2, 0.25) is 0 Å². The first kappa shape index (κ1) is 33.1. The van der Waals surface area contributed by atoms with Crippen LogP contribution in [0.1, 0.15) is 55.3 Å². The van der Waals surface area contributed by atoms with Gasteiger partial charge in [0.25, 0.3) is 5.91 Å². The number of carboxylic acid groups (broad SMARTS) is 1. The molecule has 2 aliphatic rings. The first-order valence-corrected chi connectivity index (χ1v) is 14.5. The summed E-state index contributed by atoms with van der Waals surface area (Å²) < 4.78 is 0. The zero-order chi connectivity index (χ0) is 32.7. The Labute approximate surface area is 263 Å². The minimum absolute atomic E-state index is 0.0706. The lowest BCUT2D eigenvalue weighted by molar-refractivity contribution is 0.0690. The van der Waals surface area contributed by atoms with Crippen molar-refractivity contribution in [3.8, 4) is 0 Å². The van der Waals surface area contributed by atoms with Crippen molar-refractivity contribution in [1.82, 2.24) is 15.3 Å². The lowest BCUT2D eigenvalue weighted by Crippen LogP contribution is -2.34. The molecule has 45 heavy (non-hydrogen) atoms. The second kappa shape index (κ2) is 14.8. The molecular formula is C34H40N6O5. The first-order valence-electron chi connectivity index (χ1n) is 14.5. The number of nitrogens with zero attached hydrogens (tertiary/aromatic N) is 4. The summed E-state index contributed by atoms with van der Waals surface area (Å²) in [7, 11) is 7.52. The van der Waals surface area contributed by atoms with E-state index in [0.717, 1.165) is 28.1 Å². The van der Waals surface area contributed by atoms with Crippen molar-refractivity contribution < 1.29 is 24.9 Å². The number of pyridine rings is 2. The van der Waals surface area contributed by atoms with Gasteiger partial charge >= 0.3 is 5.97 Å². The van der Waals surface area contributed by atoms with Crippen molar-refractivity contribution in [3.05, 3.63) is 119 Å². The molecule has 0 saturated heterocycles. The fourth-order valence-electron chi connectivity index (χ4n) is 5.20. The molecule has 11 nitrogen and oxygen atoms in total. The fourth-order valence-corrected chi connectivity index (χ4v) is 5.20. The standard InChI is InChI=1S/C17H19N3O2.C9H11NO.C8H10N2O2/c1-20(2)12-7-8-18-14(10-12)17(22)19-16-13-6-4-3-5-11(13)9-15(16)21;10-9-7-4-2-1-3-6(7)5-8(9)11;1-10(2)6-3-4-9-7(5-6)8(11)12/h3-8,10,15-16,21H,9H2,1-2H3,(H,19,22);1-4,8-9,11H,5,10H2;3-5H,1-2H3,(H,11,12)/t15-,16+;8-,9+;/m00./s1. The summed E-state index contributed by atoms with van der Waals surface area (Å²) in [5.74, 6) is -1.27. The molecule has 0 bridgehead atoms. The minimum Gasteiger partial charge on any atom is -0.477 e. The number of hydrogen-bond donors (Lipinski definition) is 5. The third-order valence-corrected chi connectivity index (χ3v) is 7.72. The van der Waals surface area contributed by atoms with Crippen LogP contribution < -0.4 is 20.9 Å². The van der Waals surface area contributed by atoms with E-state index in [0.29, 0.717) is 18.5 Å². The Hall–Kier alpha value is -4.84. The van der Waals surface area contributed by atoms with E-state index in [2.05, 4.69) is 15.3 Å². The van der Waals surface area contributed by atoms with E-state index in [9.17, 15) is 19.8 Å². The molecule has 4 atom stereocenters. The molecule has 2 aromatic heterocycles. The van der Waals surface area contributed by atoms with E-state index in [1.807, 2.05) is 92.6 Å². The Morgan fingerprint density at radius 3 is 1.80 bits per heavy atom. The predicted octanol–water partition coefficient (Wildman–Crippen LogP) is 2.98. The van der Waals surface area contributed by atoms with Gasteiger partial charge in [0, 0.05) is 64.8 Å². The van der Waals surface area contributed by atoms with E-state index in [1.165, 1.54) is 17.8 Å². The zero-order valence-electron chi connectivity index (χ0n) is 25.8. The maximum absolute atomic E-state index is 12.4. The van der Waals surface area contributed by atoms with Crippen LogP contribution in [-0.4, -0.2) is 77.6 Å². The van der Waals surface area contributed by atoms with Gasteiger partial charge in [-0.05, 0) is 46.5 Å². The van der Waals surface area contributed by atoms with Crippen molar-refractivity contribution in [2.45, 2.75) is 37.1 Å². The monoisotopic (exact) mass is 612 g/mol. The maximum Gasteiger partial charge on any atom is 0.354 e. The maximum atomic E-state index is 12.4. The van der Waals surface area contributed by atoms with Gasteiger partial charge in [-0.15, -0.1) is 0 Å². The predicted molar refractivity (Wildman–Crippen MR) is 174 cm³/mol. The number of nitrogens with one attached hydrogen (secondary N) is 1. The number of aliphatic hydroxyl groups is 2. The molecule has 4 aromatic rings. The van der Waals surface area contributed by atoms with Gasteiger partial charge in [0.15, 0.2) is 0 Å². The second-order valence-electron chi connectivity index (χ2n) is 11.3. The molecule has 1 amide bonds. The summed E-state index contributed by atoms with van der Waals surface area (Å²) in [6.45, 7) is 0. The summed E-state index contributed by atoms with van der Waals surface area (Å²) in [4.78, 5) is 34.5. The van der Waals surface area contributed by atoms with Crippen molar-refractivity contribution in [1.29, 1.82) is 0 Å². The number of carbonyl (C=O) groups is 2. The molecule has 2 aliphatic carbocycles. The average Bonchev–Trinajstić information content (AvgIpc) is 3.51. The molecule has 0 fully saturated rings. The number of fused-ring (bicyclic) bond motifs is 2. The Morgan fingerprint density at radius 1 is 0.756 bits per heavy atom. The zero-order valence-corrected chi connectivity index (χ0v) is 25.8. The smallest absolute Gasteiger partial charge is 0.354 e. The summed E-state index contributed by atoms with van der Waals surface area (Å²) in [6, 6.07) is 22.0. The van der Waals surface area contributed by atoms with Gasteiger partial charge in [0.1, 0.15) is 11.4 Å². The lowest BCUT2D eigenvalue weighted by atomic mass is 10.1. The van der Waals surface area contributed by atoms with Crippen LogP contribution in [0.15, 0.2) is 85.2 Å². The highest BCUT2D eigenvalue weighted by Crippen LogP contribution is 2.31. The van der Waals surface area contributed by atoms with E-state index in [-0.39, 0.29) is 29.8 Å². The van der Waals surface area contributed by atoms with E-state index in [4.69, 9.17) is 10.8 Å². The third kappa shape index (κ3) is 8.21. The third-order valence-electron chi connectivity index (χ3n) is 7.72. The number of carbonyl (C=O) groups excluding carboxylic acids is 1. The molecule has 0 unspecified atom stereocenters. The van der Waals surface area contributed by atoms with Gasteiger partial charge < -0.3 is 36.2 Å². The molecule has 11 heteroatoms. The SMILES string of the molecule is CN(C)c1ccnc(C(=O)N[C@@H]2c3ccccc3C[C@@H]2O)c1.CN(C)c1ccnc(C(=O)O)c1.N[C@@H]1c2ccccc2C[C@@H]1O. The minimum atomic E-state index is -1.00. The lowest BCUT2D eigenvalue weighted by Gasteiger charge is -2.18. The van der Waals surface area contributed by atoms with Gasteiger partial charge in [-0.2, -0.15) is 0 Å². The molecular weight excluding hydrogens is 572 g/mol. The number of benzene rings is 2. The van der Waals surface area contributed by atoms with E-state index < -0.39 is 12.1 Å². The highest BCUT2D eigenvalue weighted by molar-refractivity contribution is 5.93. The van der Waals surface area contributed by atoms with Crippen LogP contribution in [0.2, 0.25) is 0 Å². The van der Waals surface area contributed by atoms with Crippen molar-refractivity contribution in [2.24, 2.45) is 5.73 Å². The number of aromatic carboxylic acids is 1. The van der Waals surface area contributed by atoms with Gasteiger partial charge in [0.05, 0.1) is 24.3 Å². The summed E-state index contributed by atoms with van der Waals surface area (Å²) in [6.07, 6.45) is 3.39. The Morgan fingerprint density at radius 2 is 1.24 bits per heavy atom. The van der Waals surface area contributed by atoms with Crippen LogP contribution in [0.3, 0.4) is 0 Å². The van der Waals surface area contributed by atoms with Gasteiger partial charge in [-0.1, -0.05) is 48.5 Å². The van der Waals surface area contributed by atoms with E-state index >= 15 is 0 Å². The van der Waals surface area contributed by atoms with Crippen LogP contribution >= 0.6 is 0 Å². The van der Waals surface area contributed by atoms with E-state index in [1.54, 1.807) is 18.3 Å². The number of amides is 1. The highest BCUT2D eigenvalue weighted by atomic mass is 16.4. The normalized spacial score (nSPS) is 19.1. The van der Waals surface area contributed by atoms with Gasteiger partial charge in [-0.3, -0.25) is 9.78 Å². The molecule has 236 valence electrons. The summed E-state index contributed by atoms with van der Waals surface area (Å²) >= 11 is 0. The summed E-state index contributed by atoms with van der Waals surface area (Å²) in [5, 5.41) is 31.1. The number of rotatable bonds is 5. The molecule has 0 spiro atoms. The number of carboxylic acids is 1. The molecule has 0 aliphatic heterocycles. The molecule has 6 rings (SSSR count). The quantitative estimate of drug-likeness (QED) is 0.226. The molecule has 2 heterocycles. The number of anilines is 2. The number of aliphatic hydroxyl groups excluding tert-OH is 2. The molecule has 0 saturated carbocycles. The molecule has 2 aromatic carbocycles. The number of aromatic nitrogens is 2. The Kier molecular flexibility index (Phi) is 10.8. The van der Waals surface area contributed by atoms with Crippen LogP contribution in [0, 0.1) is 0 Å². The summed E-state index contributed by atoms with van der Waals surface area (Å²) in [5.41, 5.74) is 12.2.